The number of hydrogen-bond acceptors (Lipinski definition) is 7. The Hall–Kier alpha value is -2.98. The van der Waals surface area contributed by atoms with Crippen LogP contribution in [0.2, 0.25) is 10.0 Å². The van der Waals surface area contributed by atoms with Gasteiger partial charge in [-0.15, -0.1) is 0 Å². The van der Waals surface area contributed by atoms with E-state index >= 15 is 0 Å². The molecule has 1 aliphatic rings. The number of benzene rings is 2. The summed E-state index contributed by atoms with van der Waals surface area (Å²) < 4.78 is 25.1. The van der Waals surface area contributed by atoms with Crippen LogP contribution < -0.4 is 15.8 Å². The van der Waals surface area contributed by atoms with Gasteiger partial charge in [0.2, 0.25) is 0 Å². The monoisotopic (exact) mass is 533 g/mol. The van der Waals surface area contributed by atoms with Crippen LogP contribution in [0.15, 0.2) is 42.6 Å². The summed E-state index contributed by atoms with van der Waals surface area (Å²) in [6, 6.07) is 9.56. The van der Waals surface area contributed by atoms with Crippen molar-refractivity contribution in [3.8, 4) is 17.1 Å². The minimum atomic E-state index is -0.740. The third kappa shape index (κ3) is 6.22. The Labute approximate surface area is 218 Å². The fourth-order valence-electron chi connectivity index (χ4n) is 3.80. The largest absolute Gasteiger partial charge is 0.467 e. The standard InChI is InChI=1S/C25H26Cl2FN5O3/c1-15(21-18(26)6-7-19(28)22(21)27)36-25-23(29)31-14-20(32-25)16-2-4-17(5-3-16)24(34)30-8-9-33-10-12-35-13-11-33/h2-7,14-15H,8-13H2,1H3,(H2,29,31)(H,30,34). The molecule has 1 atom stereocenters. The highest BCUT2D eigenvalue weighted by atomic mass is 35.5. The maximum Gasteiger partial charge on any atom is 0.258 e. The molecule has 1 fully saturated rings. The second kappa shape index (κ2) is 11.8. The Balaban J connectivity index is 1.42. The van der Waals surface area contributed by atoms with Gasteiger partial charge in [0.1, 0.15) is 11.9 Å². The lowest BCUT2D eigenvalue weighted by atomic mass is 10.1. The summed E-state index contributed by atoms with van der Waals surface area (Å²) in [6.07, 6.45) is 0.767. The molecule has 8 nitrogen and oxygen atoms in total. The molecule has 36 heavy (non-hydrogen) atoms. The van der Waals surface area contributed by atoms with Gasteiger partial charge >= 0.3 is 0 Å². The van der Waals surface area contributed by atoms with Crippen LogP contribution in [-0.2, 0) is 4.74 Å². The molecule has 1 aliphatic heterocycles. The first-order chi connectivity index (χ1) is 17.3. The smallest absolute Gasteiger partial charge is 0.258 e. The number of morpholine rings is 1. The minimum Gasteiger partial charge on any atom is -0.467 e. The molecule has 0 radical (unpaired) electrons. The van der Waals surface area contributed by atoms with E-state index in [9.17, 15) is 9.18 Å². The van der Waals surface area contributed by atoms with Crippen molar-refractivity contribution < 1.29 is 18.7 Å². The molecular weight excluding hydrogens is 508 g/mol. The van der Waals surface area contributed by atoms with Gasteiger partial charge in [0, 0.05) is 47.9 Å². The van der Waals surface area contributed by atoms with Gasteiger partial charge in [-0.1, -0.05) is 35.3 Å². The van der Waals surface area contributed by atoms with Crippen LogP contribution in [0.3, 0.4) is 0 Å². The van der Waals surface area contributed by atoms with Crippen molar-refractivity contribution in [2.45, 2.75) is 13.0 Å². The van der Waals surface area contributed by atoms with Crippen molar-refractivity contribution >= 4 is 34.9 Å². The molecule has 2 aromatic carbocycles. The fraction of sp³-hybridized carbons (Fsp3) is 0.320. The lowest BCUT2D eigenvalue weighted by molar-refractivity contribution is 0.0383. The van der Waals surface area contributed by atoms with Crippen LogP contribution >= 0.6 is 23.2 Å². The van der Waals surface area contributed by atoms with Crippen LogP contribution in [0, 0.1) is 5.82 Å². The molecule has 1 saturated heterocycles. The SMILES string of the molecule is CC(Oc1nc(-c2ccc(C(=O)NCCN3CCOCC3)cc2)cnc1N)c1c(Cl)ccc(F)c1Cl. The molecule has 3 N–H and O–H groups in total. The Morgan fingerprint density at radius 1 is 1.22 bits per heavy atom. The third-order valence-corrected chi connectivity index (χ3v) is 6.52. The van der Waals surface area contributed by atoms with Gasteiger partial charge in [-0.25, -0.2) is 14.4 Å². The molecule has 1 amide bonds. The summed E-state index contributed by atoms with van der Waals surface area (Å²) in [7, 11) is 0. The number of hydrogen-bond donors (Lipinski definition) is 2. The van der Waals surface area contributed by atoms with Gasteiger partial charge in [-0.3, -0.25) is 9.69 Å². The van der Waals surface area contributed by atoms with Crippen molar-refractivity contribution in [3.05, 3.63) is 69.6 Å². The number of anilines is 1. The number of rotatable bonds is 8. The number of amides is 1. The van der Waals surface area contributed by atoms with E-state index in [2.05, 4.69) is 20.2 Å². The lowest BCUT2D eigenvalue weighted by Crippen LogP contribution is -2.41. The van der Waals surface area contributed by atoms with Gasteiger partial charge < -0.3 is 20.5 Å². The third-order valence-electron chi connectivity index (χ3n) is 5.80. The summed E-state index contributed by atoms with van der Waals surface area (Å²) in [5.41, 5.74) is 7.98. The number of halogens is 3. The van der Waals surface area contributed by atoms with Crippen LogP contribution in [0.1, 0.15) is 28.9 Å². The Kier molecular flexibility index (Phi) is 8.58. The number of nitrogens with two attached hydrogens (primary N) is 1. The van der Waals surface area contributed by atoms with Gasteiger partial charge in [0.05, 0.1) is 30.1 Å². The predicted molar refractivity (Wildman–Crippen MR) is 137 cm³/mol. The number of carbonyl (C=O) groups is 1. The van der Waals surface area contributed by atoms with E-state index in [-0.39, 0.29) is 33.2 Å². The molecule has 3 aromatic rings. The van der Waals surface area contributed by atoms with E-state index in [0.29, 0.717) is 23.4 Å². The van der Waals surface area contributed by atoms with Gasteiger partial charge in [-0.05, 0) is 31.2 Å². The summed E-state index contributed by atoms with van der Waals surface area (Å²) >= 11 is 12.3. The molecular formula is C25H26Cl2FN5O3. The molecule has 11 heteroatoms. The molecule has 1 aromatic heterocycles. The van der Waals surface area contributed by atoms with Crippen LogP contribution in [0.4, 0.5) is 10.2 Å². The van der Waals surface area contributed by atoms with E-state index in [4.69, 9.17) is 38.4 Å². The zero-order chi connectivity index (χ0) is 25.7. The van der Waals surface area contributed by atoms with Gasteiger partial charge in [-0.2, -0.15) is 0 Å². The summed E-state index contributed by atoms with van der Waals surface area (Å²) in [4.78, 5) is 23.4. The Morgan fingerprint density at radius 3 is 2.67 bits per heavy atom. The highest BCUT2D eigenvalue weighted by Crippen LogP contribution is 2.35. The fourth-order valence-corrected chi connectivity index (χ4v) is 4.47. The molecule has 0 spiro atoms. The second-order valence-corrected chi connectivity index (χ2v) is 9.04. The molecule has 0 saturated carbocycles. The highest BCUT2D eigenvalue weighted by Gasteiger charge is 2.21. The highest BCUT2D eigenvalue weighted by molar-refractivity contribution is 6.36. The van der Waals surface area contributed by atoms with E-state index in [1.54, 1.807) is 31.2 Å². The topological polar surface area (TPSA) is 103 Å². The average molecular weight is 534 g/mol. The summed E-state index contributed by atoms with van der Waals surface area (Å²) in [5, 5.41) is 3.07. The van der Waals surface area contributed by atoms with Crippen molar-refractivity contribution in [2.75, 3.05) is 45.1 Å². The first-order valence-corrected chi connectivity index (χ1v) is 12.2. The summed E-state index contributed by atoms with van der Waals surface area (Å²) in [6.45, 7) is 6.19. The van der Waals surface area contributed by atoms with Crippen molar-refractivity contribution in [1.29, 1.82) is 0 Å². The quantitative estimate of drug-likeness (QED) is 0.414. The van der Waals surface area contributed by atoms with Crippen molar-refractivity contribution in [1.82, 2.24) is 20.2 Å². The molecule has 0 bridgehead atoms. The molecule has 190 valence electrons. The molecule has 1 unspecified atom stereocenters. The summed E-state index contributed by atoms with van der Waals surface area (Å²) in [5.74, 6) is -0.642. The molecule has 0 aliphatic carbocycles. The maximum atomic E-state index is 13.9. The first kappa shape index (κ1) is 26.1. The number of nitrogen functional groups attached to an aromatic ring is 1. The molecule has 2 heterocycles. The number of carbonyl (C=O) groups excluding carboxylic acids is 1. The van der Waals surface area contributed by atoms with Crippen LogP contribution in [0.25, 0.3) is 11.3 Å². The maximum absolute atomic E-state index is 13.9. The average Bonchev–Trinajstić information content (AvgIpc) is 2.88. The number of ether oxygens (including phenoxy) is 2. The second-order valence-electron chi connectivity index (χ2n) is 8.25. The number of nitrogens with zero attached hydrogens (tertiary/aromatic N) is 3. The Morgan fingerprint density at radius 2 is 1.94 bits per heavy atom. The number of aromatic nitrogens is 2. The minimum absolute atomic E-state index is 0.0568. The van der Waals surface area contributed by atoms with Crippen molar-refractivity contribution in [2.24, 2.45) is 0 Å². The van der Waals surface area contributed by atoms with Crippen molar-refractivity contribution in [3.63, 3.8) is 0 Å². The van der Waals surface area contributed by atoms with E-state index in [0.717, 1.165) is 32.8 Å². The van der Waals surface area contributed by atoms with Crippen LogP contribution in [0.5, 0.6) is 5.88 Å². The van der Waals surface area contributed by atoms with Gasteiger partial charge in [0.25, 0.3) is 11.8 Å². The first-order valence-electron chi connectivity index (χ1n) is 11.4. The zero-order valence-corrected chi connectivity index (χ0v) is 21.2. The predicted octanol–water partition coefficient (Wildman–Crippen LogP) is 4.37. The molecule has 4 rings (SSSR count). The van der Waals surface area contributed by atoms with E-state index in [1.807, 2.05) is 0 Å². The van der Waals surface area contributed by atoms with E-state index < -0.39 is 11.9 Å². The normalized spacial score (nSPS) is 14.9. The lowest BCUT2D eigenvalue weighted by Gasteiger charge is -2.26. The van der Waals surface area contributed by atoms with Crippen LogP contribution in [-0.4, -0.2) is 60.2 Å². The van der Waals surface area contributed by atoms with E-state index in [1.165, 1.54) is 18.3 Å². The van der Waals surface area contributed by atoms with Gasteiger partial charge in [0.15, 0.2) is 5.82 Å². The number of nitrogens with one attached hydrogen (secondary N) is 1. The Bertz CT molecular complexity index is 1220. The zero-order valence-electron chi connectivity index (χ0n) is 19.6.